The Morgan fingerprint density at radius 3 is 2.24 bits per heavy atom. The highest BCUT2D eigenvalue weighted by Crippen LogP contribution is 2.16. The van der Waals surface area contributed by atoms with Gasteiger partial charge >= 0.3 is 0 Å². The zero-order valence-corrected chi connectivity index (χ0v) is 12.4. The van der Waals surface area contributed by atoms with E-state index in [2.05, 4.69) is 5.32 Å². The van der Waals surface area contributed by atoms with E-state index in [0.29, 0.717) is 10.1 Å². The van der Waals surface area contributed by atoms with Gasteiger partial charge in [-0.2, -0.15) is 0 Å². The first kappa shape index (κ1) is 14.4. The number of nitrogens with zero attached hydrogens (tertiary/aromatic N) is 1. The lowest BCUT2D eigenvalue weighted by atomic mass is 10.3. The average Bonchev–Trinajstić information content (AvgIpc) is 2.29. The molecule has 1 amide bonds. The number of benzene rings is 1. The van der Waals surface area contributed by atoms with Crippen LogP contribution in [0, 0.1) is 0 Å². The Hall–Kier alpha value is -0.670. The molecule has 1 aromatic carbocycles. The fraction of sp³-hybridized carbons (Fsp3) is 0.300. The molecule has 0 aliphatic carbocycles. The summed E-state index contributed by atoms with van der Waals surface area (Å²) in [6.45, 7) is 0. The zero-order chi connectivity index (χ0) is 13.1. The van der Waals surface area contributed by atoms with Crippen molar-refractivity contribution in [3.8, 4) is 0 Å². The Labute approximate surface area is 114 Å². The van der Waals surface area contributed by atoms with Gasteiger partial charge in [-0.1, -0.05) is 22.6 Å². The van der Waals surface area contributed by atoms with E-state index < -0.39 is 10.0 Å². The van der Waals surface area contributed by atoms with Gasteiger partial charge in [0.25, 0.3) is 0 Å². The van der Waals surface area contributed by atoms with Gasteiger partial charge in [-0.15, -0.1) is 0 Å². The maximum absolute atomic E-state index is 11.8. The molecule has 0 saturated carbocycles. The molecule has 0 fully saturated rings. The molecule has 0 saturated heterocycles. The number of amides is 1. The van der Waals surface area contributed by atoms with Crippen LogP contribution in [0.4, 0.5) is 5.69 Å². The summed E-state index contributed by atoms with van der Waals surface area (Å²) in [6.07, 6.45) is 0. The number of sulfonamides is 1. The first-order valence-corrected chi connectivity index (χ1v) is 7.73. The van der Waals surface area contributed by atoms with E-state index in [9.17, 15) is 13.2 Å². The van der Waals surface area contributed by atoms with Crippen LogP contribution in [-0.2, 0) is 14.8 Å². The summed E-state index contributed by atoms with van der Waals surface area (Å²) < 4.78 is 25.0. The summed E-state index contributed by atoms with van der Waals surface area (Å²) in [4.78, 5) is 11.3. The second-order valence-electron chi connectivity index (χ2n) is 3.49. The van der Waals surface area contributed by atoms with Crippen LogP contribution in [0.15, 0.2) is 29.2 Å². The molecular formula is C10H13IN2O3S. The Kier molecular flexibility index (Phi) is 4.90. The molecule has 0 unspecified atom stereocenters. The first-order chi connectivity index (χ1) is 7.87. The Bertz CT molecular complexity index is 497. The largest absolute Gasteiger partial charge is 0.325 e. The Morgan fingerprint density at radius 2 is 1.82 bits per heavy atom. The van der Waals surface area contributed by atoms with Crippen molar-refractivity contribution < 1.29 is 13.2 Å². The SMILES string of the molecule is CN(C)S(=O)(=O)c1ccc(NC(=O)CI)cc1. The van der Waals surface area contributed by atoms with Crippen molar-refractivity contribution in [3.05, 3.63) is 24.3 Å². The molecule has 0 heterocycles. The molecule has 17 heavy (non-hydrogen) atoms. The van der Waals surface area contributed by atoms with Crippen LogP contribution >= 0.6 is 22.6 Å². The molecule has 0 aliphatic rings. The summed E-state index contributed by atoms with van der Waals surface area (Å²) in [7, 11) is -0.462. The molecule has 0 aromatic heterocycles. The van der Waals surface area contributed by atoms with E-state index in [4.69, 9.17) is 0 Å². The third-order valence-corrected chi connectivity index (χ3v) is 4.56. The standard InChI is InChI=1S/C10H13IN2O3S/c1-13(2)17(15,16)9-5-3-8(4-6-9)12-10(14)7-11/h3-6H,7H2,1-2H3,(H,12,14). The van der Waals surface area contributed by atoms with Crippen LogP contribution in [-0.4, -0.2) is 37.2 Å². The summed E-state index contributed by atoms with van der Waals surface area (Å²) in [5.41, 5.74) is 0.587. The van der Waals surface area contributed by atoms with Crippen molar-refractivity contribution in [2.24, 2.45) is 0 Å². The fourth-order valence-corrected chi connectivity index (χ4v) is 2.21. The van der Waals surface area contributed by atoms with Crippen LogP contribution in [0.25, 0.3) is 0 Å². The van der Waals surface area contributed by atoms with E-state index in [1.54, 1.807) is 12.1 Å². The van der Waals surface area contributed by atoms with E-state index in [1.165, 1.54) is 26.2 Å². The smallest absolute Gasteiger partial charge is 0.242 e. The second kappa shape index (κ2) is 5.78. The number of hydrogen-bond donors (Lipinski definition) is 1. The minimum absolute atomic E-state index is 0.117. The minimum atomic E-state index is -3.41. The molecule has 0 radical (unpaired) electrons. The normalized spacial score (nSPS) is 11.5. The Morgan fingerprint density at radius 1 is 1.29 bits per heavy atom. The summed E-state index contributed by atoms with van der Waals surface area (Å²) >= 11 is 1.95. The molecule has 0 aliphatic heterocycles. The molecule has 0 spiro atoms. The number of alkyl halides is 1. The number of rotatable bonds is 4. The van der Waals surface area contributed by atoms with Gasteiger partial charge in [-0.05, 0) is 24.3 Å². The van der Waals surface area contributed by atoms with E-state index in [-0.39, 0.29) is 10.8 Å². The van der Waals surface area contributed by atoms with Crippen molar-refractivity contribution in [1.29, 1.82) is 0 Å². The number of carbonyl (C=O) groups is 1. The molecule has 94 valence electrons. The highest BCUT2D eigenvalue weighted by molar-refractivity contribution is 14.1. The van der Waals surface area contributed by atoms with Gasteiger partial charge in [-0.3, -0.25) is 4.79 Å². The van der Waals surface area contributed by atoms with E-state index >= 15 is 0 Å². The molecule has 7 heteroatoms. The quantitative estimate of drug-likeness (QED) is 0.644. The summed E-state index contributed by atoms with van der Waals surface area (Å²) in [5.74, 6) is -0.117. The predicted octanol–water partition coefficient (Wildman–Crippen LogP) is 1.31. The molecule has 0 bridgehead atoms. The third kappa shape index (κ3) is 3.65. The van der Waals surface area contributed by atoms with Gasteiger partial charge in [0.1, 0.15) is 0 Å². The van der Waals surface area contributed by atoms with Gasteiger partial charge < -0.3 is 5.32 Å². The molecule has 1 N–H and O–H groups in total. The van der Waals surface area contributed by atoms with Crippen LogP contribution in [0.2, 0.25) is 0 Å². The highest BCUT2D eigenvalue weighted by Gasteiger charge is 2.16. The first-order valence-electron chi connectivity index (χ1n) is 4.76. The molecule has 0 atom stereocenters. The number of halogens is 1. The van der Waals surface area contributed by atoms with E-state index in [0.717, 1.165) is 4.31 Å². The van der Waals surface area contributed by atoms with Crippen LogP contribution in [0.5, 0.6) is 0 Å². The third-order valence-electron chi connectivity index (χ3n) is 2.04. The number of anilines is 1. The number of nitrogens with one attached hydrogen (secondary N) is 1. The molecule has 5 nitrogen and oxygen atoms in total. The fourth-order valence-electron chi connectivity index (χ4n) is 1.12. The molecule has 1 aromatic rings. The summed E-state index contributed by atoms with van der Waals surface area (Å²) in [5, 5.41) is 2.64. The average molecular weight is 368 g/mol. The number of carbonyl (C=O) groups excluding carboxylic acids is 1. The van der Waals surface area contributed by atoms with Crippen LogP contribution in [0.1, 0.15) is 0 Å². The van der Waals surface area contributed by atoms with Gasteiger partial charge in [0.15, 0.2) is 0 Å². The minimum Gasteiger partial charge on any atom is -0.325 e. The van der Waals surface area contributed by atoms with Crippen molar-refractivity contribution in [2.75, 3.05) is 23.8 Å². The topological polar surface area (TPSA) is 66.5 Å². The lowest BCUT2D eigenvalue weighted by Crippen LogP contribution is -2.22. The maximum atomic E-state index is 11.8. The number of hydrogen-bond acceptors (Lipinski definition) is 3. The van der Waals surface area contributed by atoms with Gasteiger partial charge in [0.05, 0.1) is 9.32 Å². The van der Waals surface area contributed by atoms with Gasteiger partial charge in [0.2, 0.25) is 15.9 Å². The van der Waals surface area contributed by atoms with Gasteiger partial charge in [0, 0.05) is 19.8 Å². The highest BCUT2D eigenvalue weighted by atomic mass is 127. The zero-order valence-electron chi connectivity index (χ0n) is 9.47. The maximum Gasteiger partial charge on any atom is 0.242 e. The van der Waals surface area contributed by atoms with Crippen LogP contribution < -0.4 is 5.32 Å². The van der Waals surface area contributed by atoms with Crippen molar-refractivity contribution in [1.82, 2.24) is 4.31 Å². The van der Waals surface area contributed by atoms with Crippen molar-refractivity contribution >= 4 is 44.2 Å². The van der Waals surface area contributed by atoms with Crippen LogP contribution in [0.3, 0.4) is 0 Å². The van der Waals surface area contributed by atoms with Crippen molar-refractivity contribution in [2.45, 2.75) is 4.90 Å². The van der Waals surface area contributed by atoms with E-state index in [1.807, 2.05) is 22.6 Å². The molecular weight excluding hydrogens is 355 g/mol. The van der Waals surface area contributed by atoms with Crippen molar-refractivity contribution in [3.63, 3.8) is 0 Å². The summed E-state index contributed by atoms with van der Waals surface area (Å²) in [6, 6.07) is 6.08. The predicted molar refractivity (Wildman–Crippen MR) is 74.8 cm³/mol. The molecule has 1 rings (SSSR count). The lowest BCUT2D eigenvalue weighted by Gasteiger charge is -2.11. The van der Waals surface area contributed by atoms with Gasteiger partial charge in [-0.25, -0.2) is 12.7 Å². The Balaban J connectivity index is 2.93. The second-order valence-corrected chi connectivity index (χ2v) is 6.41. The lowest BCUT2D eigenvalue weighted by molar-refractivity contribution is -0.113. The monoisotopic (exact) mass is 368 g/mol.